The molecule has 0 atom stereocenters. The molecular weight excluding hydrogens is 552 g/mol. The minimum absolute atomic E-state index is 1.13. The van der Waals surface area contributed by atoms with Crippen LogP contribution in [0.3, 0.4) is 0 Å². The normalized spacial score (nSPS) is 14.5. The molecule has 0 amide bonds. The third-order valence-corrected chi connectivity index (χ3v) is 57.3. The van der Waals surface area contributed by atoms with Gasteiger partial charge in [-0.3, -0.25) is 0 Å². The van der Waals surface area contributed by atoms with Gasteiger partial charge in [-0.25, -0.2) is 0 Å². The van der Waals surface area contributed by atoms with Crippen molar-refractivity contribution in [3.63, 3.8) is 0 Å². The van der Waals surface area contributed by atoms with Crippen LogP contribution in [-0.4, -0.2) is 5.92 Å². The summed E-state index contributed by atoms with van der Waals surface area (Å²) in [5, 5.41) is 0. The van der Waals surface area contributed by atoms with Crippen molar-refractivity contribution < 1.29 is 17.9 Å². The van der Waals surface area contributed by atoms with Gasteiger partial charge in [0.1, 0.15) is 0 Å². The van der Waals surface area contributed by atoms with E-state index in [-0.39, 0.29) is 0 Å². The molecule has 0 saturated carbocycles. The molecule has 6 rings (SSSR count). The molecule has 0 saturated heterocycles. The molecule has 0 aromatic heterocycles. The summed E-state index contributed by atoms with van der Waals surface area (Å²) in [4.78, 5) is 0. The minimum atomic E-state index is -3.81. The van der Waals surface area contributed by atoms with Gasteiger partial charge in [0, 0.05) is 0 Å². The maximum absolute atomic E-state index is 3.81. The summed E-state index contributed by atoms with van der Waals surface area (Å²) < 4.78 is 6.71. The number of fused-ring (bicyclic) bond motifs is 6. The predicted octanol–water partition coefficient (Wildman–Crippen LogP) is 8.89. The fraction of sp³-hybridized carbons (Fsp3) is 0.333. The van der Waals surface area contributed by atoms with Gasteiger partial charge in [0.25, 0.3) is 0 Å². The molecule has 0 N–H and O–H groups in total. The van der Waals surface area contributed by atoms with Crippen molar-refractivity contribution in [2.45, 2.75) is 73.7 Å². The molecule has 2 aliphatic carbocycles. The number of benzene rings is 4. The summed E-state index contributed by atoms with van der Waals surface area (Å²) in [5.74, 6) is -1.13. The fourth-order valence-electron chi connectivity index (χ4n) is 8.65. The zero-order valence-corrected chi connectivity index (χ0v) is 27.4. The van der Waals surface area contributed by atoms with Gasteiger partial charge in [-0.05, 0) is 0 Å². The van der Waals surface area contributed by atoms with Crippen molar-refractivity contribution in [2.24, 2.45) is 0 Å². The Bertz CT molecular complexity index is 1390. The molecule has 2 heteroatoms. The van der Waals surface area contributed by atoms with Crippen molar-refractivity contribution in [1.29, 1.82) is 0 Å². The van der Waals surface area contributed by atoms with Crippen LogP contribution in [0.25, 0.3) is 22.3 Å². The molecule has 2 aliphatic rings. The second kappa shape index (κ2) is 10.2. The first-order valence-electron chi connectivity index (χ1n) is 15.1. The molecule has 4 aromatic rings. The van der Waals surface area contributed by atoms with E-state index in [9.17, 15) is 0 Å². The van der Waals surface area contributed by atoms with E-state index in [4.69, 9.17) is 0 Å². The molecule has 0 radical (unpaired) electrons. The Morgan fingerprint density at radius 1 is 0.553 bits per heavy atom. The Morgan fingerprint density at radius 2 is 0.974 bits per heavy atom. The van der Waals surface area contributed by atoms with Gasteiger partial charge >= 0.3 is 234 Å². The average molecular weight is 595 g/mol. The standard InChI is InChI=1S/2C13H9.2C4H9.C2H7Si.Zr/c2*1-3-7-12-10(5-1)9-11-6-2-4-8-13(11)12;2*1-3-4-2;1-3-2;/h2*1-5,7-8H,9H2;2*1,3-4H2,2H3;3H,1-2H3;. The Labute approximate surface area is 232 Å². The zero-order chi connectivity index (χ0) is 26.4. The number of hydrogen-bond donors (Lipinski definition) is 0. The van der Waals surface area contributed by atoms with Gasteiger partial charge in [0.05, 0.1) is 0 Å². The first-order chi connectivity index (χ1) is 18.5. The van der Waals surface area contributed by atoms with Gasteiger partial charge < -0.3 is 0 Å². The van der Waals surface area contributed by atoms with E-state index in [0.29, 0.717) is 0 Å². The topological polar surface area (TPSA) is 0 Å². The molecule has 0 aliphatic heterocycles. The number of unbranched alkanes of at least 4 members (excludes halogenated alkanes) is 2. The summed E-state index contributed by atoms with van der Waals surface area (Å²) >= 11 is -3.81. The van der Waals surface area contributed by atoms with Crippen LogP contribution in [0.1, 0.15) is 61.8 Å². The van der Waals surface area contributed by atoms with Crippen LogP contribution < -0.4 is 6.54 Å². The second-order valence-electron chi connectivity index (χ2n) is 12.5. The Balaban J connectivity index is 1.71. The molecule has 0 bridgehead atoms. The van der Waals surface area contributed by atoms with Crippen LogP contribution in [0.5, 0.6) is 0 Å². The molecule has 0 heterocycles. The molecule has 38 heavy (non-hydrogen) atoms. The Hall–Kier alpha value is -2.02. The van der Waals surface area contributed by atoms with Gasteiger partial charge in [-0.15, -0.1) is 0 Å². The third-order valence-electron chi connectivity index (χ3n) is 10.6. The molecule has 0 fully saturated rings. The van der Waals surface area contributed by atoms with Gasteiger partial charge in [0.2, 0.25) is 0 Å². The first-order valence-corrected chi connectivity index (χ1v) is 28.2. The van der Waals surface area contributed by atoms with Crippen LogP contribution in [-0.2, 0) is 30.8 Å². The summed E-state index contributed by atoms with van der Waals surface area (Å²) in [6, 6.07) is 33.5. The summed E-state index contributed by atoms with van der Waals surface area (Å²) in [6.07, 6.45) is 7.57. The fourth-order valence-corrected chi connectivity index (χ4v) is 51.3. The van der Waals surface area contributed by atoms with Gasteiger partial charge in [-0.1, -0.05) is 0 Å². The van der Waals surface area contributed by atoms with E-state index >= 15 is 0 Å². The first kappa shape index (κ1) is 26.2. The van der Waals surface area contributed by atoms with Crippen LogP contribution in [0.4, 0.5) is 0 Å². The SMILES string of the molecule is CCC[CH2][Zr]([CH2]CCC)([c]1cccc2c1Cc1ccccc1-2)([c]1cccc2c1Cc1ccccc1-2)[SiH](C)C. The van der Waals surface area contributed by atoms with E-state index in [0.717, 1.165) is 12.8 Å². The zero-order valence-electron chi connectivity index (χ0n) is 23.8. The van der Waals surface area contributed by atoms with E-state index in [1.165, 1.54) is 67.3 Å². The molecule has 195 valence electrons. The maximum atomic E-state index is 2.76. The van der Waals surface area contributed by atoms with E-state index in [1.807, 2.05) is 6.54 Å². The molecule has 0 spiro atoms. The quantitative estimate of drug-likeness (QED) is 0.147. The van der Waals surface area contributed by atoms with Crippen LogP contribution in [0.15, 0.2) is 84.9 Å². The number of rotatable bonds is 9. The van der Waals surface area contributed by atoms with Crippen molar-refractivity contribution in [3.05, 3.63) is 107 Å². The molecule has 4 aromatic carbocycles. The van der Waals surface area contributed by atoms with E-state index in [2.05, 4.69) is 112 Å². The Kier molecular flexibility index (Phi) is 7.02. The summed E-state index contributed by atoms with van der Waals surface area (Å²) in [6.45, 7) is 10.4. The average Bonchev–Trinajstić information content (AvgIpc) is 3.52. The predicted molar refractivity (Wildman–Crippen MR) is 167 cm³/mol. The second-order valence-corrected chi connectivity index (χ2v) is 45.4. The van der Waals surface area contributed by atoms with Crippen LogP contribution in [0, 0.1) is 0 Å². The van der Waals surface area contributed by atoms with Crippen molar-refractivity contribution in [1.82, 2.24) is 0 Å². The Morgan fingerprint density at radius 3 is 1.39 bits per heavy atom. The van der Waals surface area contributed by atoms with Crippen molar-refractivity contribution in [2.75, 3.05) is 0 Å². The van der Waals surface area contributed by atoms with Crippen molar-refractivity contribution >= 4 is 12.5 Å². The van der Waals surface area contributed by atoms with Gasteiger partial charge in [-0.2, -0.15) is 0 Å². The van der Waals surface area contributed by atoms with Crippen LogP contribution in [0.2, 0.25) is 21.4 Å². The summed E-state index contributed by atoms with van der Waals surface area (Å²) in [5.41, 5.74) is 12.5. The van der Waals surface area contributed by atoms with E-state index in [1.54, 1.807) is 11.1 Å². The van der Waals surface area contributed by atoms with Gasteiger partial charge in [0.15, 0.2) is 0 Å². The number of hydrogen-bond acceptors (Lipinski definition) is 0. The molecule has 0 nitrogen and oxygen atoms in total. The van der Waals surface area contributed by atoms with E-state index < -0.39 is 23.9 Å². The van der Waals surface area contributed by atoms with Crippen LogP contribution >= 0.6 is 0 Å². The monoisotopic (exact) mass is 593 g/mol. The molecular formula is C36H43SiZr. The third kappa shape index (κ3) is 3.70. The summed E-state index contributed by atoms with van der Waals surface area (Å²) in [7, 11) is 0. The van der Waals surface area contributed by atoms with Crippen molar-refractivity contribution in [3.8, 4) is 22.3 Å². The molecule has 0 unspecified atom stereocenters.